The Balaban J connectivity index is 1.83. The average Bonchev–Trinajstić information content (AvgIpc) is 2.77. The number of halogens is 1. The Morgan fingerprint density at radius 2 is 1.43 bits per heavy atom. The summed E-state index contributed by atoms with van der Waals surface area (Å²) >= 11 is 2.21. The Morgan fingerprint density at radius 1 is 0.900 bits per heavy atom. The van der Waals surface area contributed by atoms with E-state index in [4.69, 9.17) is 23.7 Å². The molecule has 2 aromatic carbocycles. The minimum atomic E-state index is -0.638. The molecule has 1 fully saturated rings. The second-order valence-electron chi connectivity index (χ2n) is 7.03. The molecule has 0 N–H and O–H groups in total. The van der Waals surface area contributed by atoms with E-state index in [9.17, 15) is 4.79 Å². The van der Waals surface area contributed by atoms with Gasteiger partial charge >= 0.3 is 5.97 Å². The molecule has 0 saturated carbocycles. The molecule has 162 valence electrons. The molecule has 0 aromatic heterocycles. The van der Waals surface area contributed by atoms with Gasteiger partial charge in [-0.3, -0.25) is 4.79 Å². The maximum Gasteiger partial charge on any atom is 0.303 e. The number of ether oxygens (including phenoxy) is 5. The highest BCUT2D eigenvalue weighted by molar-refractivity contribution is 14.1. The zero-order valence-corrected chi connectivity index (χ0v) is 19.3. The van der Waals surface area contributed by atoms with Gasteiger partial charge < -0.3 is 23.7 Å². The molecule has 1 heterocycles. The summed E-state index contributed by atoms with van der Waals surface area (Å²) in [6, 6.07) is 19.7. The van der Waals surface area contributed by atoms with Gasteiger partial charge in [0.05, 0.1) is 13.2 Å². The highest BCUT2D eigenvalue weighted by Crippen LogP contribution is 2.31. The van der Waals surface area contributed by atoms with Gasteiger partial charge in [-0.25, -0.2) is 0 Å². The van der Waals surface area contributed by atoms with Crippen LogP contribution in [0.15, 0.2) is 60.7 Å². The SMILES string of the molecule is CO[C@H]1O[C@H](CI)[C@@H](OC(C)=O)[C@@H](OCc2ccccc2)[C@@H]1OCc1ccccc1. The third-order valence-corrected chi connectivity index (χ3v) is 5.72. The molecule has 0 unspecified atom stereocenters. The molecule has 1 aliphatic heterocycles. The van der Waals surface area contributed by atoms with Crippen LogP contribution in [0.4, 0.5) is 0 Å². The van der Waals surface area contributed by atoms with Crippen molar-refractivity contribution in [3.05, 3.63) is 71.8 Å². The third-order valence-electron chi connectivity index (χ3n) is 4.85. The van der Waals surface area contributed by atoms with Crippen molar-refractivity contribution < 1.29 is 28.5 Å². The number of alkyl halides is 1. The summed E-state index contributed by atoms with van der Waals surface area (Å²) in [5, 5.41) is 0. The van der Waals surface area contributed by atoms with Crippen LogP contribution >= 0.6 is 22.6 Å². The molecule has 0 radical (unpaired) electrons. The Hall–Kier alpha value is -1.52. The van der Waals surface area contributed by atoms with E-state index >= 15 is 0 Å². The fourth-order valence-electron chi connectivity index (χ4n) is 3.43. The summed E-state index contributed by atoms with van der Waals surface area (Å²) in [6.07, 6.45) is -2.72. The van der Waals surface area contributed by atoms with Crippen molar-refractivity contribution in [3.63, 3.8) is 0 Å². The summed E-state index contributed by atoms with van der Waals surface area (Å²) < 4.78 is 30.4. The van der Waals surface area contributed by atoms with Crippen LogP contribution in [-0.2, 0) is 41.7 Å². The first-order chi connectivity index (χ1) is 14.6. The van der Waals surface area contributed by atoms with E-state index in [1.165, 1.54) is 6.92 Å². The molecular weight excluding hydrogens is 499 g/mol. The normalized spacial score (nSPS) is 26.3. The fourth-order valence-corrected chi connectivity index (χ4v) is 4.13. The number of carbonyl (C=O) groups excluding carboxylic acids is 1. The second-order valence-corrected chi connectivity index (χ2v) is 7.91. The number of esters is 1. The third kappa shape index (κ3) is 6.24. The van der Waals surface area contributed by atoms with E-state index < -0.39 is 24.6 Å². The van der Waals surface area contributed by atoms with Crippen molar-refractivity contribution in [1.82, 2.24) is 0 Å². The number of rotatable bonds is 9. The fraction of sp³-hybridized carbons (Fsp3) is 0.435. The second kappa shape index (κ2) is 11.8. The van der Waals surface area contributed by atoms with E-state index in [1.54, 1.807) is 7.11 Å². The lowest BCUT2D eigenvalue weighted by Crippen LogP contribution is -2.61. The van der Waals surface area contributed by atoms with Crippen LogP contribution in [0.5, 0.6) is 0 Å². The number of hydrogen-bond donors (Lipinski definition) is 0. The van der Waals surface area contributed by atoms with Gasteiger partial charge in [0.2, 0.25) is 0 Å². The van der Waals surface area contributed by atoms with Crippen molar-refractivity contribution >= 4 is 28.6 Å². The number of carbonyl (C=O) groups is 1. The summed E-state index contributed by atoms with van der Waals surface area (Å²) in [5.74, 6) is -0.385. The predicted molar refractivity (Wildman–Crippen MR) is 120 cm³/mol. The Bertz CT molecular complexity index is 772. The minimum Gasteiger partial charge on any atom is -0.457 e. The molecule has 0 spiro atoms. The van der Waals surface area contributed by atoms with Gasteiger partial charge in [-0.1, -0.05) is 83.3 Å². The quantitative estimate of drug-likeness (QED) is 0.281. The van der Waals surface area contributed by atoms with Gasteiger partial charge in [-0.15, -0.1) is 0 Å². The number of hydrogen-bond acceptors (Lipinski definition) is 6. The van der Waals surface area contributed by atoms with Gasteiger partial charge in [0.15, 0.2) is 12.4 Å². The molecule has 0 amide bonds. The number of methoxy groups -OCH3 is 1. The lowest BCUT2D eigenvalue weighted by atomic mass is 9.98. The van der Waals surface area contributed by atoms with Crippen LogP contribution in [0.1, 0.15) is 18.1 Å². The minimum absolute atomic E-state index is 0.360. The molecule has 7 heteroatoms. The predicted octanol–water partition coefficient (Wildman–Crippen LogP) is 3.90. The van der Waals surface area contributed by atoms with E-state index in [-0.39, 0.29) is 12.1 Å². The average molecular weight is 526 g/mol. The Labute approximate surface area is 190 Å². The van der Waals surface area contributed by atoms with E-state index in [0.29, 0.717) is 17.6 Å². The van der Waals surface area contributed by atoms with Gasteiger partial charge in [-0.05, 0) is 11.1 Å². The monoisotopic (exact) mass is 526 g/mol. The van der Waals surface area contributed by atoms with Crippen LogP contribution in [0.3, 0.4) is 0 Å². The highest BCUT2D eigenvalue weighted by atomic mass is 127. The van der Waals surface area contributed by atoms with Crippen molar-refractivity contribution in [1.29, 1.82) is 0 Å². The van der Waals surface area contributed by atoms with Crippen LogP contribution in [-0.4, -0.2) is 48.2 Å². The zero-order chi connectivity index (χ0) is 21.3. The van der Waals surface area contributed by atoms with Gasteiger partial charge in [0, 0.05) is 18.5 Å². The Morgan fingerprint density at radius 3 is 1.90 bits per heavy atom. The molecule has 1 saturated heterocycles. The summed E-state index contributed by atoms with van der Waals surface area (Å²) in [4.78, 5) is 11.8. The van der Waals surface area contributed by atoms with Gasteiger partial charge in [-0.2, -0.15) is 0 Å². The summed E-state index contributed by atoms with van der Waals surface area (Å²) in [7, 11) is 1.58. The van der Waals surface area contributed by atoms with Crippen molar-refractivity contribution in [2.75, 3.05) is 11.5 Å². The van der Waals surface area contributed by atoms with Gasteiger partial charge in [0.1, 0.15) is 18.3 Å². The molecule has 6 nitrogen and oxygen atoms in total. The molecule has 0 bridgehead atoms. The van der Waals surface area contributed by atoms with Crippen LogP contribution < -0.4 is 0 Å². The molecular formula is C23H27IO6. The lowest BCUT2D eigenvalue weighted by molar-refractivity contribution is -0.307. The van der Waals surface area contributed by atoms with Gasteiger partial charge in [0.25, 0.3) is 0 Å². The topological polar surface area (TPSA) is 63.2 Å². The Kier molecular flexibility index (Phi) is 9.07. The first-order valence-electron chi connectivity index (χ1n) is 9.85. The first kappa shape index (κ1) is 23.1. The summed E-state index contributed by atoms with van der Waals surface area (Å²) in [6.45, 7) is 2.11. The van der Waals surface area contributed by atoms with Crippen LogP contribution in [0.25, 0.3) is 0 Å². The number of benzene rings is 2. The standard InChI is InChI=1S/C23H27IO6/c1-16(25)29-20-19(13-24)30-23(26-2)22(28-15-18-11-7-4-8-12-18)21(20)27-14-17-9-5-3-6-10-17/h3-12,19-23H,13-15H2,1-2H3/t19-,20-,21-,22+,23+/m1/s1. The first-order valence-corrected chi connectivity index (χ1v) is 11.4. The van der Waals surface area contributed by atoms with Crippen molar-refractivity contribution in [3.8, 4) is 0 Å². The van der Waals surface area contributed by atoms with E-state index in [2.05, 4.69) is 22.6 Å². The van der Waals surface area contributed by atoms with E-state index in [0.717, 1.165) is 11.1 Å². The molecule has 3 rings (SSSR count). The molecule has 30 heavy (non-hydrogen) atoms. The highest BCUT2D eigenvalue weighted by Gasteiger charge is 2.49. The molecule has 5 atom stereocenters. The van der Waals surface area contributed by atoms with Crippen LogP contribution in [0, 0.1) is 0 Å². The summed E-state index contributed by atoms with van der Waals surface area (Å²) in [5.41, 5.74) is 2.04. The zero-order valence-electron chi connectivity index (χ0n) is 17.1. The van der Waals surface area contributed by atoms with Crippen molar-refractivity contribution in [2.24, 2.45) is 0 Å². The van der Waals surface area contributed by atoms with Crippen molar-refractivity contribution in [2.45, 2.75) is 50.8 Å². The molecule has 2 aromatic rings. The molecule has 1 aliphatic rings. The van der Waals surface area contributed by atoms with E-state index in [1.807, 2.05) is 60.7 Å². The molecule has 0 aliphatic carbocycles. The smallest absolute Gasteiger partial charge is 0.303 e. The maximum absolute atomic E-state index is 11.8. The largest absolute Gasteiger partial charge is 0.457 e. The van der Waals surface area contributed by atoms with Crippen LogP contribution in [0.2, 0.25) is 0 Å². The maximum atomic E-state index is 11.8. The lowest BCUT2D eigenvalue weighted by Gasteiger charge is -2.44.